The van der Waals surface area contributed by atoms with Crippen LogP contribution in [0.25, 0.3) is 0 Å². The summed E-state index contributed by atoms with van der Waals surface area (Å²) in [7, 11) is 0. The van der Waals surface area contributed by atoms with E-state index in [-0.39, 0.29) is 0 Å². The van der Waals surface area contributed by atoms with E-state index in [4.69, 9.17) is 5.73 Å². The van der Waals surface area contributed by atoms with Gasteiger partial charge in [0.1, 0.15) is 0 Å². The SMILES string of the molecule is Cc1cnccc1N1CCN(c2ccc(N)cc2)CC1. The van der Waals surface area contributed by atoms with Gasteiger partial charge in [0.2, 0.25) is 0 Å². The van der Waals surface area contributed by atoms with Crippen LogP contribution >= 0.6 is 0 Å². The van der Waals surface area contributed by atoms with Crippen molar-refractivity contribution in [2.24, 2.45) is 0 Å². The zero-order valence-corrected chi connectivity index (χ0v) is 11.8. The number of pyridine rings is 1. The first kappa shape index (κ1) is 12.8. The molecule has 2 aromatic rings. The molecule has 1 aliphatic rings. The van der Waals surface area contributed by atoms with Gasteiger partial charge in [-0.15, -0.1) is 0 Å². The number of piperazine rings is 1. The van der Waals surface area contributed by atoms with Crippen molar-refractivity contribution in [2.45, 2.75) is 6.92 Å². The Morgan fingerprint density at radius 3 is 2.25 bits per heavy atom. The first-order valence-corrected chi connectivity index (χ1v) is 7.00. The second-order valence-electron chi connectivity index (χ2n) is 5.23. The maximum absolute atomic E-state index is 5.74. The minimum Gasteiger partial charge on any atom is -0.399 e. The number of hydrogen-bond donors (Lipinski definition) is 1. The molecular formula is C16H20N4. The highest BCUT2D eigenvalue weighted by molar-refractivity contribution is 5.56. The largest absolute Gasteiger partial charge is 0.399 e. The Labute approximate surface area is 119 Å². The third-order valence-electron chi connectivity index (χ3n) is 3.87. The zero-order chi connectivity index (χ0) is 13.9. The molecular weight excluding hydrogens is 248 g/mol. The number of nitrogen functional groups attached to an aromatic ring is 1. The third kappa shape index (κ3) is 2.54. The van der Waals surface area contributed by atoms with Crippen LogP contribution in [0.5, 0.6) is 0 Å². The van der Waals surface area contributed by atoms with Gasteiger partial charge in [-0.05, 0) is 42.8 Å². The second-order valence-corrected chi connectivity index (χ2v) is 5.23. The minimum atomic E-state index is 0.819. The van der Waals surface area contributed by atoms with E-state index in [2.05, 4.69) is 39.9 Å². The Balaban J connectivity index is 1.68. The maximum Gasteiger partial charge on any atom is 0.0428 e. The number of aryl methyl sites for hydroxylation is 1. The average Bonchev–Trinajstić information content (AvgIpc) is 2.49. The highest BCUT2D eigenvalue weighted by atomic mass is 15.3. The third-order valence-corrected chi connectivity index (χ3v) is 3.87. The number of rotatable bonds is 2. The summed E-state index contributed by atoms with van der Waals surface area (Å²) in [5, 5.41) is 0. The fourth-order valence-electron chi connectivity index (χ4n) is 2.71. The summed E-state index contributed by atoms with van der Waals surface area (Å²) in [6.45, 7) is 6.26. The lowest BCUT2D eigenvalue weighted by molar-refractivity contribution is 0.652. The lowest BCUT2D eigenvalue weighted by atomic mass is 10.2. The van der Waals surface area contributed by atoms with Crippen molar-refractivity contribution >= 4 is 17.1 Å². The standard InChI is InChI=1S/C16H20N4/c1-13-12-18-7-6-16(13)20-10-8-19(9-11-20)15-4-2-14(17)3-5-15/h2-7,12H,8-11,17H2,1H3. The number of nitrogens with two attached hydrogens (primary N) is 1. The fraction of sp³-hybridized carbons (Fsp3) is 0.312. The molecule has 3 rings (SSSR count). The molecule has 4 heteroatoms. The first-order valence-electron chi connectivity index (χ1n) is 7.00. The average molecular weight is 268 g/mol. The van der Waals surface area contributed by atoms with Crippen LogP contribution in [0.3, 0.4) is 0 Å². The summed E-state index contributed by atoms with van der Waals surface area (Å²) in [6, 6.07) is 10.2. The Morgan fingerprint density at radius 1 is 0.950 bits per heavy atom. The van der Waals surface area contributed by atoms with Gasteiger partial charge in [-0.2, -0.15) is 0 Å². The second kappa shape index (κ2) is 5.41. The molecule has 0 bridgehead atoms. The van der Waals surface area contributed by atoms with Gasteiger partial charge in [-0.25, -0.2) is 0 Å². The van der Waals surface area contributed by atoms with Crippen LogP contribution < -0.4 is 15.5 Å². The fourth-order valence-corrected chi connectivity index (χ4v) is 2.71. The number of hydrogen-bond acceptors (Lipinski definition) is 4. The molecule has 0 spiro atoms. The van der Waals surface area contributed by atoms with Gasteiger partial charge in [0.05, 0.1) is 0 Å². The van der Waals surface area contributed by atoms with Gasteiger partial charge >= 0.3 is 0 Å². The van der Waals surface area contributed by atoms with Crippen LogP contribution in [0.15, 0.2) is 42.7 Å². The van der Waals surface area contributed by atoms with E-state index in [9.17, 15) is 0 Å². The van der Waals surface area contributed by atoms with Crippen molar-refractivity contribution in [1.29, 1.82) is 0 Å². The molecule has 1 aromatic heterocycles. The Hall–Kier alpha value is -2.23. The van der Waals surface area contributed by atoms with Crippen LogP contribution in [0.4, 0.5) is 17.1 Å². The van der Waals surface area contributed by atoms with E-state index in [1.165, 1.54) is 16.9 Å². The Bertz CT molecular complexity index is 571. The zero-order valence-electron chi connectivity index (χ0n) is 11.8. The first-order chi connectivity index (χ1) is 9.74. The van der Waals surface area contributed by atoms with Crippen LogP contribution in [0.1, 0.15) is 5.56 Å². The van der Waals surface area contributed by atoms with E-state index in [0.29, 0.717) is 0 Å². The summed E-state index contributed by atoms with van der Waals surface area (Å²) >= 11 is 0. The molecule has 0 atom stereocenters. The van der Waals surface area contributed by atoms with Gasteiger partial charge in [0.25, 0.3) is 0 Å². The van der Waals surface area contributed by atoms with Crippen molar-refractivity contribution in [3.05, 3.63) is 48.3 Å². The van der Waals surface area contributed by atoms with Crippen LogP contribution in [-0.2, 0) is 0 Å². The topological polar surface area (TPSA) is 45.4 Å². The number of anilines is 3. The highest BCUT2D eigenvalue weighted by Crippen LogP contribution is 2.23. The molecule has 0 amide bonds. The molecule has 4 nitrogen and oxygen atoms in total. The molecule has 1 aliphatic heterocycles. The molecule has 0 unspecified atom stereocenters. The van der Waals surface area contributed by atoms with E-state index < -0.39 is 0 Å². The molecule has 0 aliphatic carbocycles. The van der Waals surface area contributed by atoms with Crippen molar-refractivity contribution < 1.29 is 0 Å². The molecule has 0 saturated carbocycles. The molecule has 2 N–H and O–H groups in total. The summed E-state index contributed by atoms with van der Waals surface area (Å²) in [5.41, 5.74) is 10.4. The van der Waals surface area contributed by atoms with Crippen molar-refractivity contribution in [3.63, 3.8) is 0 Å². The normalized spacial score (nSPS) is 15.4. The van der Waals surface area contributed by atoms with E-state index in [1.807, 2.05) is 24.5 Å². The summed E-state index contributed by atoms with van der Waals surface area (Å²) in [6.07, 6.45) is 3.80. The van der Waals surface area contributed by atoms with Crippen molar-refractivity contribution in [2.75, 3.05) is 41.7 Å². The van der Waals surface area contributed by atoms with Gasteiger partial charge in [0, 0.05) is 55.6 Å². The van der Waals surface area contributed by atoms with Gasteiger partial charge in [-0.1, -0.05) is 0 Å². The monoisotopic (exact) mass is 268 g/mol. The Morgan fingerprint density at radius 2 is 1.60 bits per heavy atom. The van der Waals surface area contributed by atoms with Crippen molar-refractivity contribution in [3.8, 4) is 0 Å². The molecule has 2 heterocycles. The van der Waals surface area contributed by atoms with Crippen molar-refractivity contribution in [1.82, 2.24) is 4.98 Å². The predicted molar refractivity (Wildman–Crippen MR) is 84.3 cm³/mol. The smallest absolute Gasteiger partial charge is 0.0428 e. The molecule has 20 heavy (non-hydrogen) atoms. The molecule has 1 aromatic carbocycles. The number of nitrogens with zero attached hydrogens (tertiary/aromatic N) is 3. The predicted octanol–water partition coefficient (Wildman–Crippen LogP) is 2.30. The van der Waals surface area contributed by atoms with Gasteiger partial charge in [0.15, 0.2) is 0 Å². The van der Waals surface area contributed by atoms with Crippen LogP contribution in [0, 0.1) is 6.92 Å². The van der Waals surface area contributed by atoms with Gasteiger partial charge < -0.3 is 15.5 Å². The van der Waals surface area contributed by atoms with Crippen LogP contribution in [0.2, 0.25) is 0 Å². The van der Waals surface area contributed by atoms with E-state index in [1.54, 1.807) is 0 Å². The lowest BCUT2D eigenvalue weighted by Crippen LogP contribution is -2.46. The minimum absolute atomic E-state index is 0.819. The summed E-state index contributed by atoms with van der Waals surface area (Å²) < 4.78 is 0. The Kier molecular flexibility index (Phi) is 3.46. The lowest BCUT2D eigenvalue weighted by Gasteiger charge is -2.38. The number of benzene rings is 1. The van der Waals surface area contributed by atoms with E-state index >= 15 is 0 Å². The number of aromatic nitrogens is 1. The van der Waals surface area contributed by atoms with E-state index in [0.717, 1.165) is 31.9 Å². The molecule has 104 valence electrons. The molecule has 1 saturated heterocycles. The summed E-state index contributed by atoms with van der Waals surface area (Å²) in [5.74, 6) is 0. The quantitative estimate of drug-likeness (QED) is 0.849. The maximum atomic E-state index is 5.74. The molecule has 1 fully saturated rings. The summed E-state index contributed by atoms with van der Waals surface area (Å²) in [4.78, 5) is 9.01. The van der Waals surface area contributed by atoms with Gasteiger partial charge in [-0.3, -0.25) is 4.98 Å². The molecule has 0 radical (unpaired) electrons. The highest BCUT2D eigenvalue weighted by Gasteiger charge is 2.18. The van der Waals surface area contributed by atoms with Crippen LogP contribution in [-0.4, -0.2) is 31.2 Å².